The Hall–Kier alpha value is -4.63. The second kappa shape index (κ2) is 12.3. The molecular formula is C31H31F3N6O2S. The molecule has 224 valence electrons. The van der Waals surface area contributed by atoms with Gasteiger partial charge < -0.3 is 4.90 Å². The van der Waals surface area contributed by atoms with Crippen LogP contribution in [0.3, 0.4) is 0 Å². The van der Waals surface area contributed by atoms with Gasteiger partial charge in [0, 0.05) is 23.3 Å². The van der Waals surface area contributed by atoms with Gasteiger partial charge in [-0.1, -0.05) is 35.9 Å². The number of amides is 2. The molecule has 3 aromatic carbocycles. The van der Waals surface area contributed by atoms with Crippen LogP contribution in [0.5, 0.6) is 0 Å². The van der Waals surface area contributed by atoms with Gasteiger partial charge >= 0.3 is 12.2 Å². The van der Waals surface area contributed by atoms with Crippen molar-refractivity contribution < 1.29 is 22.2 Å². The highest BCUT2D eigenvalue weighted by atomic mass is 32.2. The molecule has 1 heterocycles. The van der Waals surface area contributed by atoms with E-state index in [2.05, 4.69) is 14.2 Å². The number of nitrogens with zero attached hydrogens (tertiary/aromatic N) is 5. The Morgan fingerprint density at radius 2 is 1.63 bits per heavy atom. The smallest absolute Gasteiger partial charge is 0.317 e. The molecule has 0 saturated carbocycles. The molecule has 0 aliphatic carbocycles. The average Bonchev–Trinajstić information content (AvgIpc) is 3.39. The summed E-state index contributed by atoms with van der Waals surface area (Å²) >= 11 is 0. The molecule has 4 rings (SSSR count). The van der Waals surface area contributed by atoms with Crippen LogP contribution in [0, 0.1) is 18.3 Å². The Morgan fingerprint density at radius 1 is 1.00 bits per heavy atom. The van der Waals surface area contributed by atoms with Gasteiger partial charge in [-0.05, 0) is 83.1 Å². The van der Waals surface area contributed by atoms with E-state index < -0.39 is 27.8 Å². The number of urea groups is 1. The lowest BCUT2D eigenvalue weighted by Gasteiger charge is -2.29. The van der Waals surface area contributed by atoms with E-state index in [-0.39, 0.29) is 28.4 Å². The number of alkyl halides is 3. The summed E-state index contributed by atoms with van der Waals surface area (Å²) < 4.78 is 63.6. The first kappa shape index (κ1) is 31.3. The molecule has 0 bridgehead atoms. The van der Waals surface area contributed by atoms with Crippen LogP contribution in [0.4, 0.5) is 23.7 Å². The van der Waals surface area contributed by atoms with E-state index >= 15 is 0 Å². The first-order valence-corrected chi connectivity index (χ1v) is 15.0. The van der Waals surface area contributed by atoms with Crippen molar-refractivity contribution in [2.75, 3.05) is 4.72 Å². The molecular weight excluding hydrogens is 577 g/mol. The monoisotopic (exact) mass is 608 g/mol. The van der Waals surface area contributed by atoms with Gasteiger partial charge in [-0.2, -0.15) is 23.5 Å². The summed E-state index contributed by atoms with van der Waals surface area (Å²) in [5, 5.41) is 13.1. The number of carbonyl (C=O) groups excluding carboxylic acids is 1. The van der Waals surface area contributed by atoms with E-state index in [0.29, 0.717) is 16.8 Å². The number of benzene rings is 3. The summed E-state index contributed by atoms with van der Waals surface area (Å²) in [5.74, 6) is 0. The summed E-state index contributed by atoms with van der Waals surface area (Å²) in [7, 11) is -3.68. The predicted octanol–water partition coefficient (Wildman–Crippen LogP) is 7.83. The van der Waals surface area contributed by atoms with E-state index in [1.54, 1.807) is 42.5 Å². The lowest BCUT2D eigenvalue weighted by atomic mass is 10.1. The summed E-state index contributed by atoms with van der Waals surface area (Å²) in [6.07, 6.45) is -4.67. The van der Waals surface area contributed by atoms with E-state index in [9.17, 15) is 27.4 Å². The van der Waals surface area contributed by atoms with Gasteiger partial charge in [0.05, 0.1) is 27.9 Å². The zero-order valence-electron chi connectivity index (χ0n) is 24.3. The van der Waals surface area contributed by atoms with Crippen LogP contribution < -0.4 is 4.72 Å². The van der Waals surface area contributed by atoms with Crippen molar-refractivity contribution in [2.45, 2.75) is 57.8 Å². The molecule has 0 aliphatic rings. The quantitative estimate of drug-likeness (QED) is 0.231. The number of aromatic nitrogens is 2. The van der Waals surface area contributed by atoms with Gasteiger partial charge in [0.1, 0.15) is 0 Å². The van der Waals surface area contributed by atoms with E-state index in [1.807, 2.05) is 40.7 Å². The second-order valence-electron chi connectivity index (χ2n) is 10.5. The van der Waals surface area contributed by atoms with Crippen molar-refractivity contribution >= 4 is 21.6 Å². The van der Waals surface area contributed by atoms with Gasteiger partial charge in [0.15, 0.2) is 15.6 Å². The molecule has 12 heteroatoms. The number of carbonyl (C=O) groups is 1. The Kier molecular flexibility index (Phi) is 8.96. The predicted molar refractivity (Wildman–Crippen MR) is 160 cm³/mol. The van der Waals surface area contributed by atoms with Gasteiger partial charge in [-0.15, -0.1) is 4.36 Å². The van der Waals surface area contributed by atoms with Gasteiger partial charge in [-0.25, -0.2) is 13.7 Å². The summed E-state index contributed by atoms with van der Waals surface area (Å²) in [4.78, 5) is 14.9. The molecule has 8 nitrogen and oxygen atoms in total. The van der Waals surface area contributed by atoms with Crippen molar-refractivity contribution in [1.29, 1.82) is 5.26 Å². The van der Waals surface area contributed by atoms with Gasteiger partial charge in [-0.3, -0.25) is 4.72 Å². The minimum atomic E-state index is -4.67. The van der Waals surface area contributed by atoms with Crippen molar-refractivity contribution in [2.24, 2.45) is 4.36 Å². The normalized spacial score (nSPS) is 13.0. The number of nitrogens with one attached hydrogen (secondary N) is 1. The van der Waals surface area contributed by atoms with Crippen LogP contribution in [0.15, 0.2) is 88.1 Å². The highest BCUT2D eigenvalue weighted by molar-refractivity contribution is 7.95. The van der Waals surface area contributed by atoms with Crippen LogP contribution in [0.1, 0.15) is 44.5 Å². The Balaban J connectivity index is 1.84. The number of hydrogen-bond acceptors (Lipinski definition) is 4. The number of halogens is 3. The highest BCUT2D eigenvalue weighted by Gasteiger charge is 2.35. The molecule has 1 atom stereocenters. The number of aryl methyl sites for hydroxylation is 1. The van der Waals surface area contributed by atoms with E-state index in [4.69, 9.17) is 0 Å². The fourth-order valence-corrected chi connectivity index (χ4v) is 6.09. The molecule has 0 fully saturated rings. The Morgan fingerprint density at radius 3 is 2.19 bits per heavy atom. The van der Waals surface area contributed by atoms with Crippen LogP contribution in [-0.2, 0) is 16.1 Å². The van der Waals surface area contributed by atoms with Crippen molar-refractivity contribution in [1.82, 2.24) is 14.7 Å². The molecule has 43 heavy (non-hydrogen) atoms. The van der Waals surface area contributed by atoms with Crippen molar-refractivity contribution in [3.05, 3.63) is 95.7 Å². The fourth-order valence-electron chi connectivity index (χ4n) is 4.56. The van der Waals surface area contributed by atoms with Crippen LogP contribution in [0.2, 0.25) is 0 Å². The average molecular weight is 609 g/mol. The molecule has 1 N–H and O–H groups in total. The SMILES string of the molecule is Cc1ccc(-c2cc(C(F)(F)F)nn2-c2ccc(S(=O)(=NC(=O)N(C(C)C)C(C)C)Nc3cccc(C#N)c3)cc2)cc1. The van der Waals surface area contributed by atoms with Crippen LogP contribution in [0.25, 0.3) is 16.9 Å². The second-order valence-corrected chi connectivity index (χ2v) is 12.4. The minimum absolute atomic E-state index is 0.111. The maximum atomic E-state index is 14.4. The number of anilines is 1. The lowest BCUT2D eigenvalue weighted by Crippen LogP contribution is -2.41. The molecule has 2 amide bonds. The lowest BCUT2D eigenvalue weighted by molar-refractivity contribution is -0.141. The standard InChI is InChI=1S/C31H31F3N6O2S/c1-20(2)39(21(3)4)30(41)38-43(42,37-25-8-6-7-23(17-25)19-35)27-15-13-26(14-16-27)40-28(18-29(36-40)31(32,33)34)24-11-9-22(5)10-12-24/h6-18,20-21H,1-5H3,(H,37,38,41,42). The molecule has 4 aromatic rings. The van der Waals surface area contributed by atoms with E-state index in [1.165, 1.54) is 39.9 Å². The van der Waals surface area contributed by atoms with Crippen molar-refractivity contribution in [3.8, 4) is 23.0 Å². The minimum Gasteiger partial charge on any atom is -0.317 e. The maximum absolute atomic E-state index is 14.4. The third-order valence-corrected chi connectivity index (χ3v) is 8.37. The number of nitriles is 1. The topological polar surface area (TPSA) is 103 Å². The van der Waals surface area contributed by atoms with Gasteiger partial charge in [0.25, 0.3) is 0 Å². The Bertz CT molecular complexity index is 1770. The molecule has 0 saturated heterocycles. The first-order valence-electron chi connectivity index (χ1n) is 13.4. The molecule has 0 aliphatic heterocycles. The van der Waals surface area contributed by atoms with E-state index in [0.717, 1.165) is 11.6 Å². The highest BCUT2D eigenvalue weighted by Crippen LogP contribution is 2.34. The molecule has 1 aromatic heterocycles. The summed E-state index contributed by atoms with van der Waals surface area (Å²) in [6.45, 7) is 9.15. The maximum Gasteiger partial charge on any atom is 0.435 e. The van der Waals surface area contributed by atoms with Crippen LogP contribution in [-0.4, -0.2) is 37.0 Å². The van der Waals surface area contributed by atoms with Crippen molar-refractivity contribution in [3.63, 3.8) is 0 Å². The Labute approximate surface area is 249 Å². The summed E-state index contributed by atoms with van der Waals surface area (Å²) in [6, 6.07) is 20.9. The number of hydrogen-bond donors (Lipinski definition) is 1. The van der Waals surface area contributed by atoms with Gasteiger partial charge in [0.2, 0.25) is 0 Å². The van der Waals surface area contributed by atoms with Crippen LogP contribution >= 0.6 is 0 Å². The first-order chi connectivity index (χ1) is 20.2. The molecule has 0 radical (unpaired) electrons. The molecule has 1 unspecified atom stereocenters. The third-order valence-electron chi connectivity index (χ3n) is 6.54. The zero-order valence-corrected chi connectivity index (χ0v) is 25.1. The number of rotatable bonds is 7. The third kappa shape index (κ3) is 7.06. The molecule has 0 spiro atoms. The summed E-state index contributed by atoms with van der Waals surface area (Å²) in [5.41, 5.74) is 1.53. The fraction of sp³-hybridized carbons (Fsp3) is 0.258. The largest absolute Gasteiger partial charge is 0.435 e. The zero-order chi connectivity index (χ0) is 31.5.